The first-order valence-corrected chi connectivity index (χ1v) is 3.91. The van der Waals surface area contributed by atoms with Crippen LogP contribution in [0.25, 0.3) is 0 Å². The Bertz CT molecular complexity index is 211. The monoisotopic (exact) mass is 191 g/mol. The number of aliphatic carboxylic acids is 1. The quantitative estimate of drug-likeness (QED) is 0.322. The molecule has 0 fully saturated rings. The number of hydrogen-bond acceptors (Lipinski definition) is 4. The molecule has 0 aromatic heterocycles. The van der Waals surface area contributed by atoms with Crippen molar-refractivity contribution in [2.45, 2.75) is 13.3 Å². The minimum absolute atomic E-state index is 0.137. The average molecular weight is 192 g/mol. The molecule has 5 heteroatoms. The van der Waals surface area contributed by atoms with Gasteiger partial charge in [0.2, 0.25) is 0 Å². The molecule has 0 amide bonds. The summed E-state index contributed by atoms with van der Waals surface area (Å²) in [6, 6.07) is 0. The van der Waals surface area contributed by atoms with E-state index in [9.17, 15) is 19.5 Å². The highest BCUT2D eigenvalue weighted by Gasteiger charge is 2.23. The number of halogens is 1. The van der Waals surface area contributed by atoms with Gasteiger partial charge in [-0.3, -0.25) is 9.59 Å². The second-order valence-corrected chi connectivity index (χ2v) is 2.48. The second-order valence-electron chi connectivity index (χ2n) is 2.21. The van der Waals surface area contributed by atoms with Crippen LogP contribution in [0.15, 0.2) is 0 Å². The Labute approximate surface area is 74.5 Å². The molecule has 4 nitrogen and oxygen atoms in total. The molecule has 0 saturated carbocycles. The lowest BCUT2D eigenvalue weighted by Gasteiger charge is -2.10. The Kier molecular flexibility index (Phi) is 4.51. The standard InChI is InChI=1S/C7H9ClO4/c1-2-4(5(9)3-8)6(10)7(11)12/h4H,2-3H2,1H3,(H,11,12)/p-1. The van der Waals surface area contributed by atoms with Crippen molar-refractivity contribution in [2.24, 2.45) is 5.92 Å². The lowest BCUT2D eigenvalue weighted by molar-refractivity contribution is -0.300. The van der Waals surface area contributed by atoms with Gasteiger partial charge in [0.25, 0.3) is 0 Å². The number of rotatable bonds is 5. The number of carbonyl (C=O) groups is 3. The molecule has 1 atom stereocenters. The molecule has 0 aromatic rings. The van der Waals surface area contributed by atoms with Crippen LogP contribution in [0.4, 0.5) is 0 Å². The summed E-state index contributed by atoms with van der Waals surface area (Å²) in [6.07, 6.45) is 0.137. The predicted octanol–water partition coefficient (Wildman–Crippen LogP) is -0.861. The zero-order valence-electron chi connectivity index (χ0n) is 6.50. The maximum absolute atomic E-state index is 10.8. The molecule has 68 valence electrons. The topological polar surface area (TPSA) is 74.3 Å². The fourth-order valence-corrected chi connectivity index (χ4v) is 0.981. The van der Waals surface area contributed by atoms with Crippen molar-refractivity contribution in [2.75, 3.05) is 5.88 Å². The largest absolute Gasteiger partial charge is 0.542 e. The maximum atomic E-state index is 10.8. The zero-order valence-corrected chi connectivity index (χ0v) is 7.26. The third kappa shape index (κ3) is 2.62. The van der Waals surface area contributed by atoms with Gasteiger partial charge in [0.15, 0.2) is 11.6 Å². The van der Waals surface area contributed by atoms with E-state index in [1.165, 1.54) is 6.92 Å². The van der Waals surface area contributed by atoms with E-state index in [0.717, 1.165) is 0 Å². The van der Waals surface area contributed by atoms with Gasteiger partial charge < -0.3 is 9.90 Å². The van der Waals surface area contributed by atoms with E-state index < -0.39 is 23.5 Å². The van der Waals surface area contributed by atoms with E-state index >= 15 is 0 Å². The van der Waals surface area contributed by atoms with Crippen molar-refractivity contribution in [3.63, 3.8) is 0 Å². The summed E-state index contributed by atoms with van der Waals surface area (Å²) in [5.41, 5.74) is 0. The Morgan fingerprint density at radius 3 is 2.17 bits per heavy atom. The number of ketones is 2. The van der Waals surface area contributed by atoms with Gasteiger partial charge in [-0.05, 0) is 6.42 Å². The third-order valence-electron chi connectivity index (χ3n) is 1.45. The van der Waals surface area contributed by atoms with Gasteiger partial charge in [0.05, 0.1) is 11.8 Å². The first-order chi connectivity index (χ1) is 5.54. The lowest BCUT2D eigenvalue weighted by atomic mass is 9.97. The van der Waals surface area contributed by atoms with Crippen molar-refractivity contribution < 1.29 is 19.5 Å². The van der Waals surface area contributed by atoms with Crippen molar-refractivity contribution >= 4 is 29.1 Å². The summed E-state index contributed by atoms with van der Waals surface area (Å²) in [5, 5.41) is 10.1. The van der Waals surface area contributed by atoms with Crippen molar-refractivity contribution in [1.82, 2.24) is 0 Å². The van der Waals surface area contributed by atoms with E-state index in [1.54, 1.807) is 0 Å². The Hall–Kier alpha value is -0.900. The molecule has 0 saturated heterocycles. The average Bonchev–Trinajstić information content (AvgIpc) is 2.05. The van der Waals surface area contributed by atoms with Crippen LogP contribution in [0.1, 0.15) is 13.3 Å². The zero-order chi connectivity index (χ0) is 9.72. The first-order valence-electron chi connectivity index (χ1n) is 3.38. The highest BCUT2D eigenvalue weighted by atomic mass is 35.5. The number of alkyl halides is 1. The van der Waals surface area contributed by atoms with E-state index in [-0.39, 0.29) is 12.3 Å². The molecule has 0 aliphatic carbocycles. The predicted molar refractivity (Wildman–Crippen MR) is 39.5 cm³/mol. The van der Waals surface area contributed by atoms with Crippen molar-refractivity contribution in [1.29, 1.82) is 0 Å². The van der Waals surface area contributed by atoms with Gasteiger partial charge in [-0.1, -0.05) is 6.92 Å². The van der Waals surface area contributed by atoms with Gasteiger partial charge in [-0.2, -0.15) is 0 Å². The van der Waals surface area contributed by atoms with Crippen molar-refractivity contribution in [3.05, 3.63) is 0 Å². The first kappa shape index (κ1) is 11.1. The maximum Gasteiger partial charge on any atom is 0.188 e. The highest BCUT2D eigenvalue weighted by Crippen LogP contribution is 2.06. The Balaban J connectivity index is 4.45. The minimum Gasteiger partial charge on any atom is -0.542 e. The fourth-order valence-electron chi connectivity index (χ4n) is 0.795. The van der Waals surface area contributed by atoms with Crippen molar-refractivity contribution in [3.8, 4) is 0 Å². The molecule has 0 aromatic carbocycles. The molecule has 0 aliphatic rings. The summed E-state index contributed by atoms with van der Waals surface area (Å²) in [6.45, 7) is 1.54. The van der Waals surface area contributed by atoms with Gasteiger partial charge >= 0.3 is 0 Å². The summed E-state index contributed by atoms with van der Waals surface area (Å²) in [7, 11) is 0. The van der Waals surface area contributed by atoms with Gasteiger partial charge in [-0.25, -0.2) is 0 Å². The molecule has 0 spiro atoms. The van der Waals surface area contributed by atoms with E-state index in [4.69, 9.17) is 11.6 Å². The van der Waals surface area contributed by atoms with Crippen LogP contribution in [-0.2, 0) is 14.4 Å². The highest BCUT2D eigenvalue weighted by molar-refractivity contribution is 6.39. The van der Waals surface area contributed by atoms with Crippen LogP contribution < -0.4 is 5.11 Å². The van der Waals surface area contributed by atoms with Gasteiger partial charge in [0, 0.05) is 0 Å². The van der Waals surface area contributed by atoms with Gasteiger partial charge in [-0.15, -0.1) is 11.6 Å². The summed E-state index contributed by atoms with van der Waals surface area (Å²) in [5.74, 6) is -5.10. The van der Waals surface area contributed by atoms with Crippen LogP contribution in [0.5, 0.6) is 0 Å². The third-order valence-corrected chi connectivity index (χ3v) is 1.71. The summed E-state index contributed by atoms with van der Waals surface area (Å²) >= 11 is 5.16. The minimum atomic E-state index is -1.83. The molecule has 0 heterocycles. The number of carboxylic acid groups (broad SMARTS) is 1. The smallest absolute Gasteiger partial charge is 0.188 e. The molecule has 12 heavy (non-hydrogen) atoms. The van der Waals surface area contributed by atoms with Crippen LogP contribution >= 0.6 is 11.6 Å². The number of hydrogen-bond donors (Lipinski definition) is 0. The molecule has 0 bridgehead atoms. The van der Waals surface area contributed by atoms with Crippen LogP contribution in [0.2, 0.25) is 0 Å². The van der Waals surface area contributed by atoms with Gasteiger partial charge in [0.1, 0.15) is 5.97 Å². The molecular weight excluding hydrogens is 184 g/mol. The molecule has 0 rings (SSSR count). The number of carboxylic acids is 1. The summed E-state index contributed by atoms with van der Waals surface area (Å²) < 4.78 is 0. The normalized spacial score (nSPS) is 12.2. The van der Waals surface area contributed by atoms with E-state index in [2.05, 4.69) is 0 Å². The molecule has 0 N–H and O–H groups in total. The van der Waals surface area contributed by atoms with Crippen LogP contribution in [0, 0.1) is 5.92 Å². The molecule has 0 radical (unpaired) electrons. The van der Waals surface area contributed by atoms with E-state index in [0.29, 0.717) is 0 Å². The SMILES string of the molecule is CCC(C(=O)CCl)C(=O)C(=O)[O-]. The van der Waals surface area contributed by atoms with Crippen LogP contribution in [0.3, 0.4) is 0 Å². The Morgan fingerprint density at radius 2 is 1.92 bits per heavy atom. The number of carbonyl (C=O) groups excluding carboxylic acids is 3. The molecular formula is C7H8ClO4-. The molecule has 0 aliphatic heterocycles. The van der Waals surface area contributed by atoms with Crippen LogP contribution in [-0.4, -0.2) is 23.4 Å². The summed E-state index contributed by atoms with van der Waals surface area (Å²) in [4.78, 5) is 31.6. The fraction of sp³-hybridized carbons (Fsp3) is 0.571. The van der Waals surface area contributed by atoms with E-state index in [1.807, 2.05) is 0 Å². The molecule has 1 unspecified atom stereocenters. The number of Topliss-reactive ketones (excluding diaryl/α,β-unsaturated/α-hetero) is 2. The second kappa shape index (κ2) is 4.87. The lowest BCUT2D eigenvalue weighted by Crippen LogP contribution is -2.39. The Morgan fingerprint density at radius 1 is 1.42 bits per heavy atom.